The number of aliphatic hydroxyl groups is 1. The van der Waals surface area contributed by atoms with Crippen molar-refractivity contribution in [2.75, 3.05) is 20.3 Å². The number of rotatable bonds is 2. The van der Waals surface area contributed by atoms with Gasteiger partial charge < -0.3 is 14.9 Å². The van der Waals surface area contributed by atoms with Gasteiger partial charge in [-0.25, -0.2) is 9.59 Å². The lowest BCUT2D eigenvalue weighted by Crippen LogP contribution is -2.40. The van der Waals surface area contributed by atoms with Gasteiger partial charge in [-0.15, -0.1) is 0 Å². The molecule has 0 aromatic rings. The van der Waals surface area contributed by atoms with E-state index in [-0.39, 0.29) is 12.1 Å². The Morgan fingerprint density at radius 3 is 2.79 bits per heavy atom. The van der Waals surface area contributed by atoms with Gasteiger partial charge in [0.1, 0.15) is 0 Å². The maximum absolute atomic E-state index is 11.1. The first kappa shape index (κ1) is 10.5. The van der Waals surface area contributed by atoms with Crippen LogP contribution in [0.15, 0.2) is 11.6 Å². The van der Waals surface area contributed by atoms with Gasteiger partial charge in [0.05, 0.1) is 25.3 Å². The monoisotopic (exact) mass is 201 g/mol. The van der Waals surface area contributed by atoms with Crippen LogP contribution in [0.1, 0.15) is 0 Å². The summed E-state index contributed by atoms with van der Waals surface area (Å²) < 4.78 is 4.46. The van der Waals surface area contributed by atoms with E-state index in [9.17, 15) is 9.59 Å². The maximum Gasteiger partial charge on any atom is 0.408 e. The molecule has 2 N–H and O–H groups in total. The van der Waals surface area contributed by atoms with Gasteiger partial charge in [0.2, 0.25) is 0 Å². The minimum Gasteiger partial charge on any atom is -0.466 e. The third-order valence-electron chi connectivity index (χ3n) is 2.08. The van der Waals surface area contributed by atoms with Crippen molar-refractivity contribution in [2.45, 2.75) is 6.04 Å². The van der Waals surface area contributed by atoms with E-state index in [0.717, 1.165) is 4.90 Å². The predicted octanol–water partition coefficient (Wildman–Crippen LogP) is -0.560. The van der Waals surface area contributed by atoms with Gasteiger partial charge in [-0.05, 0) is 0 Å². The Balaban J connectivity index is 2.81. The van der Waals surface area contributed by atoms with Gasteiger partial charge in [-0.1, -0.05) is 6.08 Å². The Bertz CT molecular complexity index is 285. The van der Waals surface area contributed by atoms with Crippen molar-refractivity contribution in [1.82, 2.24) is 4.90 Å². The number of ether oxygens (including phenoxy) is 1. The van der Waals surface area contributed by atoms with Gasteiger partial charge in [-0.2, -0.15) is 0 Å². The molecule has 1 amide bonds. The van der Waals surface area contributed by atoms with Crippen LogP contribution in [0.5, 0.6) is 0 Å². The summed E-state index contributed by atoms with van der Waals surface area (Å²) >= 11 is 0. The van der Waals surface area contributed by atoms with Crippen molar-refractivity contribution in [3.05, 3.63) is 11.6 Å². The molecule has 1 aliphatic rings. The van der Waals surface area contributed by atoms with E-state index in [0.29, 0.717) is 0 Å². The highest BCUT2D eigenvalue weighted by Gasteiger charge is 2.34. The molecule has 0 saturated carbocycles. The molecule has 6 nitrogen and oxygen atoms in total. The minimum absolute atomic E-state index is 0.102. The van der Waals surface area contributed by atoms with Crippen LogP contribution in [0.4, 0.5) is 4.79 Å². The van der Waals surface area contributed by atoms with Crippen LogP contribution in [0.3, 0.4) is 0 Å². The molecule has 78 valence electrons. The molecule has 0 radical (unpaired) electrons. The van der Waals surface area contributed by atoms with E-state index in [1.54, 1.807) is 0 Å². The number of carbonyl (C=O) groups is 2. The Kier molecular flexibility index (Phi) is 3.08. The quantitative estimate of drug-likeness (QED) is 0.585. The summed E-state index contributed by atoms with van der Waals surface area (Å²) in [5.74, 6) is -0.604. The second-order valence-corrected chi connectivity index (χ2v) is 2.78. The molecule has 1 aliphatic heterocycles. The van der Waals surface area contributed by atoms with E-state index in [1.807, 2.05) is 0 Å². The van der Waals surface area contributed by atoms with Crippen LogP contribution in [-0.2, 0) is 9.53 Å². The molecule has 14 heavy (non-hydrogen) atoms. The number of aliphatic hydroxyl groups excluding tert-OH is 1. The fourth-order valence-electron chi connectivity index (χ4n) is 1.37. The number of amides is 1. The molecule has 1 rings (SSSR count). The van der Waals surface area contributed by atoms with Gasteiger partial charge in [0, 0.05) is 6.54 Å². The first-order valence-electron chi connectivity index (χ1n) is 4.00. The van der Waals surface area contributed by atoms with E-state index in [2.05, 4.69) is 4.74 Å². The largest absolute Gasteiger partial charge is 0.466 e. The molecule has 1 heterocycles. The maximum atomic E-state index is 11.1. The van der Waals surface area contributed by atoms with Crippen LogP contribution in [0.2, 0.25) is 0 Å². The third-order valence-corrected chi connectivity index (χ3v) is 2.08. The molecule has 0 aromatic heterocycles. The first-order valence-corrected chi connectivity index (χ1v) is 4.00. The Labute approximate surface area is 80.4 Å². The smallest absolute Gasteiger partial charge is 0.408 e. The average molecular weight is 201 g/mol. The summed E-state index contributed by atoms with van der Waals surface area (Å²) in [7, 11) is 1.21. The van der Waals surface area contributed by atoms with Crippen LogP contribution in [-0.4, -0.2) is 53.5 Å². The second-order valence-electron chi connectivity index (χ2n) is 2.78. The number of methoxy groups -OCH3 is 1. The lowest BCUT2D eigenvalue weighted by molar-refractivity contribution is -0.136. The summed E-state index contributed by atoms with van der Waals surface area (Å²) in [6, 6.07) is -0.806. The predicted molar refractivity (Wildman–Crippen MR) is 45.7 cm³/mol. The molecule has 0 aliphatic carbocycles. The highest BCUT2D eigenvalue weighted by molar-refractivity contribution is 5.91. The van der Waals surface area contributed by atoms with Crippen molar-refractivity contribution >= 4 is 12.1 Å². The summed E-state index contributed by atoms with van der Waals surface area (Å²) in [5, 5.41) is 17.7. The second kappa shape index (κ2) is 4.10. The van der Waals surface area contributed by atoms with Crippen LogP contribution in [0, 0.1) is 0 Å². The lowest BCUT2D eigenvalue weighted by Gasteiger charge is -2.21. The highest BCUT2D eigenvalue weighted by Crippen LogP contribution is 2.19. The van der Waals surface area contributed by atoms with Gasteiger partial charge >= 0.3 is 12.1 Å². The zero-order chi connectivity index (χ0) is 10.7. The standard InChI is InChI=1S/C8H11NO5/c1-14-7(11)5-2-3-9(8(12)13)6(5)4-10/h2,6,10H,3-4H2,1H3,(H,12,13)/t6-/m0/s1. The van der Waals surface area contributed by atoms with Crippen molar-refractivity contribution in [1.29, 1.82) is 0 Å². The Hall–Kier alpha value is -1.56. The van der Waals surface area contributed by atoms with Crippen molar-refractivity contribution in [3.8, 4) is 0 Å². The first-order chi connectivity index (χ1) is 6.61. The number of hydrogen-bond acceptors (Lipinski definition) is 4. The molecule has 1 atom stereocenters. The van der Waals surface area contributed by atoms with Crippen molar-refractivity contribution in [2.24, 2.45) is 0 Å². The summed E-state index contributed by atoms with van der Waals surface area (Å²) in [5.41, 5.74) is 0.192. The molecular weight excluding hydrogens is 190 g/mol. The van der Waals surface area contributed by atoms with Gasteiger partial charge in [0.15, 0.2) is 0 Å². The molecule has 0 spiro atoms. The molecule has 0 unspecified atom stereocenters. The Morgan fingerprint density at radius 2 is 2.36 bits per heavy atom. The van der Waals surface area contributed by atoms with E-state index in [1.165, 1.54) is 13.2 Å². The zero-order valence-electron chi connectivity index (χ0n) is 7.64. The highest BCUT2D eigenvalue weighted by atomic mass is 16.5. The number of esters is 1. The molecule has 6 heteroatoms. The van der Waals surface area contributed by atoms with Gasteiger partial charge in [-0.3, -0.25) is 4.90 Å². The normalized spacial score (nSPS) is 20.6. The minimum atomic E-state index is -1.17. The van der Waals surface area contributed by atoms with Gasteiger partial charge in [0.25, 0.3) is 0 Å². The van der Waals surface area contributed by atoms with E-state index < -0.39 is 24.7 Å². The number of nitrogens with zero attached hydrogens (tertiary/aromatic N) is 1. The van der Waals surface area contributed by atoms with E-state index >= 15 is 0 Å². The topological polar surface area (TPSA) is 87.1 Å². The number of carbonyl (C=O) groups excluding carboxylic acids is 1. The molecule has 0 aromatic carbocycles. The fourth-order valence-corrected chi connectivity index (χ4v) is 1.37. The molecule has 0 fully saturated rings. The fraction of sp³-hybridized carbons (Fsp3) is 0.500. The van der Waals surface area contributed by atoms with Crippen molar-refractivity contribution < 1.29 is 24.5 Å². The van der Waals surface area contributed by atoms with Crippen LogP contribution < -0.4 is 0 Å². The number of carboxylic acid groups (broad SMARTS) is 1. The third kappa shape index (κ3) is 1.69. The van der Waals surface area contributed by atoms with Crippen molar-refractivity contribution in [3.63, 3.8) is 0 Å². The molecule has 0 bridgehead atoms. The SMILES string of the molecule is COC(=O)C1=CCN(C(=O)O)[C@H]1CO. The zero-order valence-corrected chi connectivity index (χ0v) is 7.64. The summed E-state index contributed by atoms with van der Waals surface area (Å²) in [4.78, 5) is 22.8. The lowest BCUT2D eigenvalue weighted by atomic mass is 10.1. The summed E-state index contributed by atoms with van der Waals surface area (Å²) in [6.45, 7) is -0.321. The van der Waals surface area contributed by atoms with Crippen LogP contribution in [0.25, 0.3) is 0 Å². The van der Waals surface area contributed by atoms with Crippen LogP contribution >= 0.6 is 0 Å². The Morgan fingerprint density at radius 1 is 1.71 bits per heavy atom. The average Bonchev–Trinajstić information content (AvgIpc) is 2.59. The molecular formula is C8H11NO5. The summed E-state index contributed by atoms with van der Waals surface area (Å²) in [6.07, 6.45) is 0.278. The number of hydrogen-bond donors (Lipinski definition) is 2. The molecule has 0 saturated heterocycles. The van der Waals surface area contributed by atoms with E-state index in [4.69, 9.17) is 10.2 Å².